The zero-order valence-corrected chi connectivity index (χ0v) is 11.7. The van der Waals surface area contributed by atoms with Gasteiger partial charge in [0.2, 0.25) is 5.91 Å². The van der Waals surface area contributed by atoms with Crippen LogP contribution in [0.5, 0.6) is 0 Å². The standard InChI is InChI=1S/C12H17NO3S2/c14-11(7-17-6-10-2-1-5-18-10)13-8-12(15)3-4-16-9-12/h1-2,5,15H,3-4,6-9H2,(H,13,14). The largest absolute Gasteiger partial charge is 0.386 e. The molecule has 6 heteroatoms. The maximum absolute atomic E-state index is 11.6. The van der Waals surface area contributed by atoms with Gasteiger partial charge in [-0.15, -0.1) is 23.1 Å². The van der Waals surface area contributed by atoms with Crippen molar-refractivity contribution in [2.45, 2.75) is 17.8 Å². The third-order valence-electron chi connectivity index (χ3n) is 2.75. The van der Waals surface area contributed by atoms with E-state index in [1.54, 1.807) is 23.1 Å². The highest BCUT2D eigenvalue weighted by atomic mass is 32.2. The van der Waals surface area contributed by atoms with Gasteiger partial charge >= 0.3 is 0 Å². The van der Waals surface area contributed by atoms with Crippen LogP contribution in [-0.2, 0) is 15.3 Å². The number of thioether (sulfide) groups is 1. The van der Waals surface area contributed by atoms with Crippen LogP contribution in [0.1, 0.15) is 11.3 Å². The lowest BCUT2D eigenvalue weighted by molar-refractivity contribution is -0.119. The van der Waals surface area contributed by atoms with E-state index in [2.05, 4.69) is 11.4 Å². The van der Waals surface area contributed by atoms with E-state index >= 15 is 0 Å². The van der Waals surface area contributed by atoms with Gasteiger partial charge in [-0.1, -0.05) is 6.07 Å². The molecular formula is C12H17NO3S2. The molecule has 1 unspecified atom stereocenters. The number of carbonyl (C=O) groups is 1. The number of thiophene rings is 1. The minimum atomic E-state index is -0.867. The van der Waals surface area contributed by atoms with Crippen molar-refractivity contribution in [1.82, 2.24) is 5.32 Å². The number of nitrogens with one attached hydrogen (secondary N) is 1. The van der Waals surface area contributed by atoms with Crippen LogP contribution in [-0.4, -0.2) is 42.1 Å². The molecule has 1 atom stereocenters. The van der Waals surface area contributed by atoms with Crippen LogP contribution < -0.4 is 5.32 Å². The van der Waals surface area contributed by atoms with Gasteiger partial charge in [0.1, 0.15) is 5.60 Å². The van der Waals surface area contributed by atoms with Gasteiger partial charge in [-0.05, 0) is 11.4 Å². The van der Waals surface area contributed by atoms with Gasteiger partial charge in [-0.2, -0.15) is 0 Å². The number of aliphatic hydroxyl groups is 1. The zero-order chi connectivity index (χ0) is 12.8. The van der Waals surface area contributed by atoms with Gasteiger partial charge in [0.25, 0.3) is 0 Å². The molecule has 0 radical (unpaired) electrons. The highest BCUT2D eigenvalue weighted by Crippen LogP contribution is 2.18. The van der Waals surface area contributed by atoms with E-state index in [1.807, 2.05) is 11.4 Å². The average molecular weight is 287 g/mol. The molecule has 0 spiro atoms. The fraction of sp³-hybridized carbons (Fsp3) is 0.583. The SMILES string of the molecule is O=C(CSCc1cccs1)NCC1(O)CCOC1. The van der Waals surface area contributed by atoms with Gasteiger partial charge in [0.05, 0.1) is 12.4 Å². The summed E-state index contributed by atoms with van der Waals surface area (Å²) >= 11 is 3.28. The summed E-state index contributed by atoms with van der Waals surface area (Å²) in [5, 5.41) is 14.8. The third kappa shape index (κ3) is 4.28. The van der Waals surface area contributed by atoms with E-state index in [4.69, 9.17) is 4.74 Å². The second-order valence-electron chi connectivity index (χ2n) is 4.38. The fourth-order valence-corrected chi connectivity index (χ4v) is 3.39. The Morgan fingerprint density at radius 3 is 3.22 bits per heavy atom. The smallest absolute Gasteiger partial charge is 0.230 e. The number of rotatable bonds is 6. The Hall–Kier alpha value is -0.560. The van der Waals surface area contributed by atoms with E-state index in [0.717, 1.165) is 5.75 Å². The van der Waals surface area contributed by atoms with Crippen LogP contribution in [0.2, 0.25) is 0 Å². The molecule has 1 aromatic heterocycles. The Bertz CT molecular complexity index is 375. The highest BCUT2D eigenvalue weighted by Gasteiger charge is 2.32. The van der Waals surface area contributed by atoms with E-state index in [1.165, 1.54) is 4.88 Å². The molecule has 1 aliphatic rings. The molecule has 1 fully saturated rings. The summed E-state index contributed by atoms with van der Waals surface area (Å²) in [6.07, 6.45) is 0.593. The summed E-state index contributed by atoms with van der Waals surface area (Å²) in [4.78, 5) is 12.9. The number of ether oxygens (including phenoxy) is 1. The highest BCUT2D eigenvalue weighted by molar-refractivity contribution is 7.99. The van der Waals surface area contributed by atoms with Crippen LogP contribution in [0.25, 0.3) is 0 Å². The number of carbonyl (C=O) groups excluding carboxylic acids is 1. The molecule has 2 N–H and O–H groups in total. The first-order chi connectivity index (χ1) is 8.68. The summed E-state index contributed by atoms with van der Waals surface area (Å²) in [5.74, 6) is 1.25. The third-order valence-corrected chi connectivity index (χ3v) is 4.80. The topological polar surface area (TPSA) is 58.6 Å². The van der Waals surface area contributed by atoms with E-state index in [0.29, 0.717) is 25.4 Å². The Labute approximate surface area is 115 Å². The van der Waals surface area contributed by atoms with E-state index in [-0.39, 0.29) is 12.5 Å². The Morgan fingerprint density at radius 2 is 2.56 bits per heavy atom. The zero-order valence-electron chi connectivity index (χ0n) is 10.1. The maximum Gasteiger partial charge on any atom is 0.230 e. The lowest BCUT2D eigenvalue weighted by Crippen LogP contribution is -2.43. The van der Waals surface area contributed by atoms with Gasteiger partial charge < -0.3 is 15.2 Å². The minimum Gasteiger partial charge on any atom is -0.386 e. The van der Waals surface area contributed by atoms with Crippen molar-refractivity contribution in [3.05, 3.63) is 22.4 Å². The molecule has 2 rings (SSSR count). The summed E-state index contributed by atoms with van der Waals surface area (Å²) in [7, 11) is 0. The fourth-order valence-electron chi connectivity index (χ4n) is 1.69. The summed E-state index contributed by atoms with van der Waals surface area (Å²) in [5.41, 5.74) is -0.867. The second kappa shape index (κ2) is 6.56. The Morgan fingerprint density at radius 1 is 1.67 bits per heavy atom. The molecule has 1 saturated heterocycles. The number of hydrogen-bond acceptors (Lipinski definition) is 5. The van der Waals surface area contributed by atoms with Crippen LogP contribution in [0.3, 0.4) is 0 Å². The van der Waals surface area contributed by atoms with Gasteiger partial charge in [-0.3, -0.25) is 4.79 Å². The van der Waals surface area contributed by atoms with Crippen LogP contribution in [0.4, 0.5) is 0 Å². The van der Waals surface area contributed by atoms with Gasteiger partial charge in [0.15, 0.2) is 0 Å². The first kappa shape index (κ1) is 13.9. The molecular weight excluding hydrogens is 270 g/mol. The lowest BCUT2D eigenvalue weighted by atomic mass is 10.0. The monoisotopic (exact) mass is 287 g/mol. The molecule has 1 aliphatic heterocycles. The molecule has 2 heterocycles. The molecule has 18 heavy (non-hydrogen) atoms. The predicted molar refractivity (Wildman–Crippen MR) is 73.9 cm³/mol. The Kier molecular flexibility index (Phi) is 5.05. The normalized spacial score (nSPS) is 23.2. The predicted octanol–water partition coefficient (Wildman–Crippen LogP) is 1.25. The quantitative estimate of drug-likeness (QED) is 0.827. The second-order valence-corrected chi connectivity index (χ2v) is 6.39. The van der Waals surface area contributed by atoms with Crippen molar-refractivity contribution in [2.75, 3.05) is 25.5 Å². The molecule has 0 saturated carbocycles. The van der Waals surface area contributed by atoms with Crippen LogP contribution >= 0.6 is 23.1 Å². The molecule has 4 nitrogen and oxygen atoms in total. The van der Waals surface area contributed by atoms with Crippen LogP contribution in [0, 0.1) is 0 Å². The molecule has 0 bridgehead atoms. The first-order valence-corrected chi connectivity index (χ1v) is 7.88. The lowest BCUT2D eigenvalue weighted by Gasteiger charge is -2.20. The van der Waals surface area contributed by atoms with E-state index < -0.39 is 5.60 Å². The minimum absolute atomic E-state index is 0.0307. The van der Waals surface area contributed by atoms with Crippen molar-refractivity contribution in [3.63, 3.8) is 0 Å². The molecule has 1 aromatic rings. The summed E-state index contributed by atoms with van der Waals surface area (Å²) in [6, 6.07) is 4.07. The Balaban J connectivity index is 1.60. The van der Waals surface area contributed by atoms with E-state index in [9.17, 15) is 9.90 Å². The average Bonchev–Trinajstić information content (AvgIpc) is 2.99. The van der Waals surface area contributed by atoms with Crippen molar-refractivity contribution < 1.29 is 14.6 Å². The van der Waals surface area contributed by atoms with Gasteiger partial charge in [0, 0.05) is 30.2 Å². The van der Waals surface area contributed by atoms with Crippen molar-refractivity contribution in [3.8, 4) is 0 Å². The molecule has 0 aromatic carbocycles. The number of amides is 1. The summed E-state index contributed by atoms with van der Waals surface area (Å²) in [6.45, 7) is 1.17. The van der Waals surface area contributed by atoms with Crippen molar-refractivity contribution in [2.24, 2.45) is 0 Å². The number of hydrogen-bond donors (Lipinski definition) is 2. The molecule has 100 valence electrons. The van der Waals surface area contributed by atoms with Crippen molar-refractivity contribution in [1.29, 1.82) is 0 Å². The summed E-state index contributed by atoms with van der Waals surface area (Å²) < 4.78 is 5.12. The molecule has 0 aliphatic carbocycles. The van der Waals surface area contributed by atoms with Crippen molar-refractivity contribution >= 4 is 29.0 Å². The van der Waals surface area contributed by atoms with Gasteiger partial charge in [-0.25, -0.2) is 0 Å². The first-order valence-electron chi connectivity index (χ1n) is 5.85. The maximum atomic E-state index is 11.6. The van der Waals surface area contributed by atoms with Crippen LogP contribution in [0.15, 0.2) is 17.5 Å². The molecule has 1 amide bonds.